The minimum atomic E-state index is 0.0597. The Morgan fingerprint density at radius 2 is 0.830 bits per heavy atom. The molecule has 7 aromatic rings. The van der Waals surface area contributed by atoms with Gasteiger partial charge in [0, 0.05) is 17.1 Å². The molecular formula is C42H29B2NO2. The maximum absolute atomic E-state index is 9.98. The molecule has 3 nitrogen and oxygen atoms in total. The number of rotatable bonds is 4. The van der Waals surface area contributed by atoms with E-state index in [1.54, 1.807) is 24.3 Å². The highest BCUT2D eigenvalue weighted by molar-refractivity contribution is 7.02. The van der Waals surface area contributed by atoms with Gasteiger partial charge in [-0.1, -0.05) is 138 Å². The zero-order valence-corrected chi connectivity index (χ0v) is 25.6. The second-order valence-corrected chi connectivity index (χ2v) is 12.4. The summed E-state index contributed by atoms with van der Waals surface area (Å²) in [5.74, 6) is 0.537. The maximum Gasteiger partial charge on any atom is 0.246 e. The van der Waals surface area contributed by atoms with E-state index in [4.69, 9.17) is 0 Å². The fourth-order valence-corrected chi connectivity index (χ4v) is 7.65. The van der Waals surface area contributed by atoms with E-state index in [0.717, 1.165) is 22.3 Å². The molecule has 0 atom stereocenters. The van der Waals surface area contributed by atoms with Gasteiger partial charge < -0.3 is 15.1 Å². The van der Waals surface area contributed by atoms with Gasteiger partial charge in [-0.15, -0.1) is 0 Å². The van der Waals surface area contributed by atoms with Crippen LogP contribution in [0.25, 0.3) is 22.3 Å². The van der Waals surface area contributed by atoms with Crippen molar-refractivity contribution in [2.75, 3.05) is 4.90 Å². The number of para-hydroxylation sites is 2. The zero-order chi connectivity index (χ0) is 31.5. The van der Waals surface area contributed by atoms with Crippen LogP contribution in [-0.4, -0.2) is 23.6 Å². The lowest BCUT2D eigenvalue weighted by molar-refractivity contribution is 0.475. The molecule has 5 heteroatoms. The molecule has 47 heavy (non-hydrogen) atoms. The first-order valence-corrected chi connectivity index (χ1v) is 16.0. The van der Waals surface area contributed by atoms with E-state index in [2.05, 4.69) is 120 Å². The van der Waals surface area contributed by atoms with Gasteiger partial charge in [-0.3, -0.25) is 0 Å². The van der Waals surface area contributed by atoms with Crippen molar-refractivity contribution in [1.82, 2.24) is 0 Å². The van der Waals surface area contributed by atoms with Crippen LogP contribution in [-0.2, 0) is 0 Å². The van der Waals surface area contributed by atoms with Crippen LogP contribution < -0.4 is 37.7 Å². The first-order valence-electron chi connectivity index (χ1n) is 16.0. The third kappa shape index (κ3) is 4.46. The molecule has 0 saturated heterocycles. The fourth-order valence-electron chi connectivity index (χ4n) is 7.65. The Morgan fingerprint density at radius 3 is 1.47 bits per heavy atom. The zero-order valence-electron chi connectivity index (χ0n) is 25.6. The summed E-state index contributed by atoms with van der Waals surface area (Å²) in [7, 11) is 0. The third-order valence-electron chi connectivity index (χ3n) is 9.79. The Labute approximate surface area is 275 Å². The van der Waals surface area contributed by atoms with E-state index < -0.39 is 0 Å². The molecule has 2 aliphatic heterocycles. The molecule has 2 aliphatic rings. The van der Waals surface area contributed by atoms with Crippen LogP contribution in [0, 0.1) is 0 Å². The SMILES string of the molecule is Oc1ccc(-c2ccc(B3c4ccccc4N4c5cc(-c6ccc(O)cc6)ccc5B(c5ccccc5)c5cccc3c54)cc2)cc1. The van der Waals surface area contributed by atoms with E-state index in [0.29, 0.717) is 0 Å². The van der Waals surface area contributed by atoms with Gasteiger partial charge in [-0.25, -0.2) is 0 Å². The summed E-state index contributed by atoms with van der Waals surface area (Å²) in [6, 6.07) is 57.1. The lowest BCUT2D eigenvalue weighted by Gasteiger charge is -2.44. The van der Waals surface area contributed by atoms with Crippen molar-refractivity contribution in [3.05, 3.63) is 164 Å². The molecule has 220 valence electrons. The molecule has 2 heterocycles. The van der Waals surface area contributed by atoms with E-state index >= 15 is 0 Å². The lowest BCUT2D eigenvalue weighted by Crippen LogP contribution is -2.64. The smallest absolute Gasteiger partial charge is 0.246 e. The lowest BCUT2D eigenvalue weighted by atomic mass is 9.30. The van der Waals surface area contributed by atoms with Crippen LogP contribution in [0.4, 0.5) is 17.1 Å². The Morgan fingerprint density at radius 1 is 0.362 bits per heavy atom. The van der Waals surface area contributed by atoms with Crippen molar-refractivity contribution >= 4 is 63.3 Å². The predicted octanol–water partition coefficient (Wildman–Crippen LogP) is 5.56. The summed E-state index contributed by atoms with van der Waals surface area (Å²) in [6.07, 6.45) is 0. The molecule has 0 unspecified atom stereocenters. The number of hydrogen-bond acceptors (Lipinski definition) is 3. The van der Waals surface area contributed by atoms with Crippen molar-refractivity contribution in [1.29, 1.82) is 0 Å². The number of phenolic OH excluding ortho intramolecular Hbond substituents is 2. The molecule has 2 N–H and O–H groups in total. The molecule has 0 fully saturated rings. The van der Waals surface area contributed by atoms with E-state index in [1.807, 2.05) is 24.3 Å². The molecule has 0 radical (unpaired) electrons. The minimum absolute atomic E-state index is 0.0597. The standard InChI is InChI=1S/C42H29B2NO2/c46-34-22-15-29(16-23-34)28-13-20-33(21-14-28)44-36-9-4-5-12-40(36)45-41-27-31(30-17-24-35(47)25-18-30)19-26-37(41)43(32-7-2-1-3-8-32)38-10-6-11-39(44)42(38)45/h1-27,46-47H. The summed E-state index contributed by atoms with van der Waals surface area (Å²) in [5.41, 5.74) is 15.7. The molecular weight excluding hydrogens is 572 g/mol. The second-order valence-electron chi connectivity index (χ2n) is 12.4. The van der Waals surface area contributed by atoms with Crippen LogP contribution in [0.3, 0.4) is 0 Å². The Bertz CT molecular complexity index is 2270. The maximum atomic E-state index is 9.98. The van der Waals surface area contributed by atoms with Crippen molar-refractivity contribution in [2.45, 2.75) is 0 Å². The molecule has 0 aromatic heterocycles. The van der Waals surface area contributed by atoms with Crippen LogP contribution in [0.2, 0.25) is 0 Å². The Kier molecular flexibility index (Phi) is 6.32. The van der Waals surface area contributed by atoms with E-state index in [1.165, 1.54) is 49.8 Å². The van der Waals surface area contributed by atoms with Gasteiger partial charge in [0.1, 0.15) is 11.5 Å². The summed E-state index contributed by atoms with van der Waals surface area (Å²) >= 11 is 0. The van der Waals surface area contributed by atoms with Gasteiger partial charge >= 0.3 is 0 Å². The predicted molar refractivity (Wildman–Crippen MR) is 198 cm³/mol. The number of benzene rings is 7. The van der Waals surface area contributed by atoms with Crippen molar-refractivity contribution < 1.29 is 10.2 Å². The third-order valence-corrected chi connectivity index (χ3v) is 9.79. The summed E-state index contributed by atoms with van der Waals surface area (Å²) in [5, 5.41) is 19.8. The van der Waals surface area contributed by atoms with E-state index in [-0.39, 0.29) is 24.9 Å². The average molecular weight is 601 g/mol. The van der Waals surface area contributed by atoms with Gasteiger partial charge in [0.25, 0.3) is 0 Å². The highest BCUT2D eigenvalue weighted by Gasteiger charge is 2.43. The van der Waals surface area contributed by atoms with Crippen LogP contribution in [0.1, 0.15) is 0 Å². The highest BCUT2D eigenvalue weighted by atomic mass is 16.3. The minimum Gasteiger partial charge on any atom is -0.508 e. The largest absolute Gasteiger partial charge is 0.508 e. The number of phenols is 2. The molecule has 0 saturated carbocycles. The summed E-state index contributed by atoms with van der Waals surface area (Å²) < 4.78 is 0. The molecule has 9 rings (SSSR count). The Hall–Kier alpha value is -5.93. The topological polar surface area (TPSA) is 43.7 Å². The Balaban J connectivity index is 1.26. The number of hydrogen-bond donors (Lipinski definition) is 2. The van der Waals surface area contributed by atoms with Gasteiger partial charge in [-0.05, 0) is 80.5 Å². The van der Waals surface area contributed by atoms with Gasteiger partial charge in [-0.2, -0.15) is 0 Å². The molecule has 0 bridgehead atoms. The highest BCUT2D eigenvalue weighted by Crippen LogP contribution is 2.39. The van der Waals surface area contributed by atoms with Gasteiger partial charge in [0.05, 0.1) is 0 Å². The quantitative estimate of drug-likeness (QED) is 0.260. The first-order chi connectivity index (χ1) is 23.1. The number of nitrogens with zero attached hydrogens (tertiary/aromatic N) is 1. The van der Waals surface area contributed by atoms with Crippen LogP contribution in [0.15, 0.2) is 164 Å². The average Bonchev–Trinajstić information content (AvgIpc) is 3.12. The van der Waals surface area contributed by atoms with Crippen LogP contribution >= 0.6 is 0 Å². The number of anilines is 3. The van der Waals surface area contributed by atoms with Gasteiger partial charge in [0.2, 0.25) is 13.4 Å². The molecule has 0 aliphatic carbocycles. The molecule has 0 spiro atoms. The summed E-state index contributed by atoms with van der Waals surface area (Å²) in [4.78, 5) is 2.49. The number of fused-ring (bicyclic) bond motifs is 4. The van der Waals surface area contributed by atoms with Crippen molar-refractivity contribution in [3.63, 3.8) is 0 Å². The van der Waals surface area contributed by atoms with Gasteiger partial charge in [0.15, 0.2) is 0 Å². The normalized spacial score (nSPS) is 12.7. The number of aromatic hydroxyl groups is 2. The molecule has 7 aromatic carbocycles. The molecule has 0 amide bonds. The summed E-state index contributed by atoms with van der Waals surface area (Å²) in [6.45, 7) is 0.138. The van der Waals surface area contributed by atoms with Crippen molar-refractivity contribution in [2.24, 2.45) is 0 Å². The fraction of sp³-hybridized carbons (Fsp3) is 0. The first kappa shape index (κ1) is 27.4. The monoisotopic (exact) mass is 601 g/mol. The second kappa shape index (κ2) is 10.9. The van der Waals surface area contributed by atoms with Crippen LogP contribution in [0.5, 0.6) is 11.5 Å². The van der Waals surface area contributed by atoms with Crippen molar-refractivity contribution in [3.8, 4) is 33.8 Å². The van der Waals surface area contributed by atoms with E-state index in [9.17, 15) is 10.2 Å².